The fourth-order valence-corrected chi connectivity index (χ4v) is 3.52. The number of anilines is 1. The molecule has 0 atom stereocenters. The van der Waals surface area contributed by atoms with Gasteiger partial charge in [0.2, 0.25) is 0 Å². The zero-order chi connectivity index (χ0) is 16.4. The molecule has 0 unspecified atom stereocenters. The molecule has 0 saturated heterocycles. The van der Waals surface area contributed by atoms with Crippen LogP contribution in [0.15, 0.2) is 21.1 Å². The number of carboxylic acids is 1. The summed E-state index contributed by atoms with van der Waals surface area (Å²) in [5, 5.41) is 12.0. The van der Waals surface area contributed by atoms with E-state index in [0.29, 0.717) is 5.69 Å². The number of aliphatic carboxylic acids is 1. The first-order valence-corrected chi connectivity index (χ1v) is 7.97. The lowest BCUT2D eigenvalue weighted by Crippen LogP contribution is -2.54. The van der Waals surface area contributed by atoms with Crippen LogP contribution < -0.4 is 5.32 Å². The third-order valence-corrected chi connectivity index (χ3v) is 4.43. The molecule has 0 fully saturated rings. The van der Waals surface area contributed by atoms with Crippen LogP contribution in [0.5, 0.6) is 0 Å². The molecular weight excluding hydrogens is 404 g/mol. The van der Waals surface area contributed by atoms with Crippen LogP contribution in [0.3, 0.4) is 0 Å². The van der Waals surface area contributed by atoms with Crippen molar-refractivity contribution in [1.82, 2.24) is 4.90 Å². The van der Waals surface area contributed by atoms with Crippen LogP contribution in [-0.4, -0.2) is 34.1 Å². The fraction of sp³-hybridized carbons (Fsp3) is 0.429. The Bertz CT molecular complexity index is 550. The molecule has 7 heteroatoms. The van der Waals surface area contributed by atoms with E-state index < -0.39 is 17.5 Å². The van der Waals surface area contributed by atoms with Crippen LogP contribution >= 0.6 is 31.9 Å². The molecule has 0 aliphatic heterocycles. The highest BCUT2D eigenvalue weighted by Gasteiger charge is 2.37. The molecule has 0 aliphatic rings. The Kier molecular flexibility index (Phi) is 5.81. The van der Waals surface area contributed by atoms with Crippen molar-refractivity contribution in [3.05, 3.63) is 26.6 Å². The molecule has 0 saturated carbocycles. The molecule has 1 rings (SSSR count). The van der Waals surface area contributed by atoms with Gasteiger partial charge in [0.05, 0.1) is 5.69 Å². The van der Waals surface area contributed by atoms with Crippen molar-refractivity contribution < 1.29 is 14.7 Å². The smallest absolute Gasteiger partial charge is 0.329 e. The topological polar surface area (TPSA) is 69.6 Å². The summed E-state index contributed by atoms with van der Waals surface area (Å²) in [6, 6.07) is 3.29. The fourth-order valence-electron chi connectivity index (χ4n) is 1.90. The van der Waals surface area contributed by atoms with Crippen LogP contribution in [0.25, 0.3) is 0 Å². The summed E-state index contributed by atoms with van der Waals surface area (Å²) in [5.41, 5.74) is 0.317. The van der Waals surface area contributed by atoms with Crippen LogP contribution in [0.4, 0.5) is 10.5 Å². The molecule has 0 spiro atoms. The molecule has 21 heavy (non-hydrogen) atoms. The predicted octanol–water partition coefficient (Wildman–Crippen LogP) is 4.24. The number of rotatable bonds is 4. The Balaban J connectivity index is 3.08. The Labute approximate surface area is 141 Å². The summed E-state index contributed by atoms with van der Waals surface area (Å²) in [4.78, 5) is 25.0. The first-order chi connectivity index (χ1) is 9.61. The quantitative estimate of drug-likeness (QED) is 0.763. The summed E-state index contributed by atoms with van der Waals surface area (Å²) in [5.74, 6) is -1.05. The number of halogens is 2. The second kappa shape index (κ2) is 6.79. The average Bonchev–Trinajstić information content (AvgIpc) is 2.34. The van der Waals surface area contributed by atoms with Crippen LogP contribution in [0.2, 0.25) is 0 Å². The lowest BCUT2D eigenvalue weighted by atomic mass is 10.0. The summed E-state index contributed by atoms with van der Waals surface area (Å²) in [6.07, 6.45) is 0. The number of hydrogen-bond acceptors (Lipinski definition) is 2. The summed E-state index contributed by atoms with van der Waals surface area (Å²) < 4.78 is 1.46. The number of amides is 2. The van der Waals surface area contributed by atoms with E-state index in [9.17, 15) is 14.7 Å². The largest absolute Gasteiger partial charge is 0.480 e. The normalized spacial score (nSPS) is 11.1. The highest BCUT2D eigenvalue weighted by molar-refractivity contribution is 9.11. The Morgan fingerprint density at radius 1 is 1.29 bits per heavy atom. The summed E-state index contributed by atoms with van der Waals surface area (Å²) >= 11 is 6.79. The molecule has 1 aromatic carbocycles. The highest BCUT2D eigenvalue weighted by atomic mass is 79.9. The van der Waals surface area contributed by atoms with E-state index in [2.05, 4.69) is 37.2 Å². The van der Waals surface area contributed by atoms with E-state index in [0.717, 1.165) is 14.5 Å². The number of nitrogens with zero attached hydrogens (tertiary/aromatic N) is 1. The maximum absolute atomic E-state index is 12.4. The van der Waals surface area contributed by atoms with Crippen molar-refractivity contribution in [3.63, 3.8) is 0 Å². The number of carbonyl (C=O) groups is 2. The van der Waals surface area contributed by atoms with Gasteiger partial charge in [-0.15, -0.1) is 0 Å². The van der Waals surface area contributed by atoms with E-state index >= 15 is 0 Å². The Morgan fingerprint density at radius 3 is 2.14 bits per heavy atom. The first-order valence-electron chi connectivity index (χ1n) is 6.39. The van der Waals surface area contributed by atoms with Gasteiger partial charge in [-0.05, 0) is 77.3 Å². The number of hydrogen-bond donors (Lipinski definition) is 2. The molecule has 116 valence electrons. The number of aryl methyl sites for hydroxylation is 1. The van der Waals surface area contributed by atoms with E-state index in [-0.39, 0.29) is 6.54 Å². The molecule has 5 nitrogen and oxygen atoms in total. The number of likely N-dealkylation sites (N-methyl/N-ethyl adjacent to an activating group) is 1. The van der Waals surface area contributed by atoms with Gasteiger partial charge in [0.15, 0.2) is 0 Å². The zero-order valence-corrected chi connectivity index (χ0v) is 15.5. The van der Waals surface area contributed by atoms with Gasteiger partial charge >= 0.3 is 12.0 Å². The molecule has 0 radical (unpaired) electrons. The molecule has 0 heterocycles. The third kappa shape index (κ3) is 3.97. The minimum Gasteiger partial charge on any atom is -0.480 e. The van der Waals surface area contributed by atoms with Crippen LogP contribution in [0.1, 0.15) is 26.3 Å². The van der Waals surface area contributed by atoms with Gasteiger partial charge in [-0.2, -0.15) is 0 Å². The molecule has 2 amide bonds. The van der Waals surface area contributed by atoms with Gasteiger partial charge in [-0.3, -0.25) is 0 Å². The minimum atomic E-state index is -1.29. The van der Waals surface area contributed by atoms with Gasteiger partial charge in [0, 0.05) is 15.5 Å². The lowest BCUT2D eigenvalue weighted by Gasteiger charge is -2.34. The monoisotopic (exact) mass is 420 g/mol. The summed E-state index contributed by atoms with van der Waals surface area (Å²) in [6.45, 7) is 6.96. The van der Waals surface area contributed by atoms with Gasteiger partial charge in [-0.1, -0.05) is 0 Å². The van der Waals surface area contributed by atoms with E-state index in [1.165, 1.54) is 18.7 Å². The van der Waals surface area contributed by atoms with Gasteiger partial charge in [0.1, 0.15) is 5.54 Å². The maximum atomic E-state index is 12.4. The minimum absolute atomic E-state index is 0.284. The molecule has 1 aromatic rings. The van der Waals surface area contributed by atoms with Crippen molar-refractivity contribution in [2.75, 3.05) is 11.9 Å². The van der Waals surface area contributed by atoms with E-state index in [1.54, 1.807) is 6.92 Å². The predicted molar refractivity (Wildman–Crippen MR) is 89.7 cm³/mol. The SMILES string of the molecule is CCN(C(=O)Nc1c(Br)cc(C)cc1Br)C(C)(C)C(=O)O. The van der Waals surface area contributed by atoms with Crippen molar-refractivity contribution >= 4 is 49.5 Å². The first kappa shape index (κ1) is 18.0. The Hall–Kier alpha value is -1.08. The third-order valence-electron chi connectivity index (χ3n) is 3.18. The molecular formula is C14H18Br2N2O3. The second-order valence-electron chi connectivity index (χ2n) is 5.14. The maximum Gasteiger partial charge on any atom is 0.329 e. The molecule has 0 aromatic heterocycles. The molecule has 2 N–H and O–H groups in total. The van der Waals surface area contributed by atoms with Gasteiger partial charge in [0.25, 0.3) is 0 Å². The van der Waals surface area contributed by atoms with E-state index in [4.69, 9.17) is 0 Å². The number of nitrogens with one attached hydrogen (secondary N) is 1. The second-order valence-corrected chi connectivity index (χ2v) is 6.85. The van der Waals surface area contributed by atoms with Crippen molar-refractivity contribution in [1.29, 1.82) is 0 Å². The van der Waals surface area contributed by atoms with Crippen molar-refractivity contribution in [2.45, 2.75) is 33.2 Å². The Morgan fingerprint density at radius 2 is 1.76 bits per heavy atom. The van der Waals surface area contributed by atoms with E-state index in [1.807, 2.05) is 19.1 Å². The number of urea groups is 1. The zero-order valence-electron chi connectivity index (χ0n) is 12.3. The van der Waals surface area contributed by atoms with Gasteiger partial charge in [-0.25, -0.2) is 9.59 Å². The van der Waals surface area contributed by atoms with Crippen LogP contribution in [-0.2, 0) is 4.79 Å². The molecule has 0 bridgehead atoms. The van der Waals surface area contributed by atoms with Crippen molar-refractivity contribution in [2.24, 2.45) is 0 Å². The standard InChI is InChI=1S/C14H18Br2N2O3/c1-5-18(14(3,4)12(19)20)13(21)17-11-9(15)6-8(2)7-10(11)16/h6-7H,5H2,1-4H3,(H,17,21)(H,19,20). The molecule has 0 aliphatic carbocycles. The summed E-state index contributed by atoms with van der Waals surface area (Å²) in [7, 11) is 0. The van der Waals surface area contributed by atoms with Crippen LogP contribution in [0, 0.1) is 6.92 Å². The average molecular weight is 422 g/mol. The number of carboxylic acid groups (broad SMARTS) is 1. The highest BCUT2D eigenvalue weighted by Crippen LogP contribution is 2.33. The van der Waals surface area contributed by atoms with Gasteiger partial charge < -0.3 is 15.3 Å². The number of carbonyl (C=O) groups excluding carboxylic acids is 1. The number of benzene rings is 1. The lowest BCUT2D eigenvalue weighted by molar-refractivity contribution is -0.147. The van der Waals surface area contributed by atoms with Crippen molar-refractivity contribution in [3.8, 4) is 0 Å².